The van der Waals surface area contributed by atoms with Crippen molar-refractivity contribution in [1.82, 2.24) is 10.6 Å². The van der Waals surface area contributed by atoms with Crippen LogP contribution in [0.2, 0.25) is 0 Å². The Kier molecular flexibility index (Phi) is 8.42. The quantitative estimate of drug-likeness (QED) is 0.714. The normalized spacial score (nSPS) is 14.1. The molecular formula is C16H25ClN2O3. The van der Waals surface area contributed by atoms with Gasteiger partial charge in [0, 0.05) is 26.2 Å². The molecule has 1 aliphatic heterocycles. The molecule has 5 nitrogen and oxygen atoms in total. The molecule has 1 aromatic rings. The van der Waals surface area contributed by atoms with E-state index in [1.54, 1.807) is 6.92 Å². The number of hydrogen-bond acceptors (Lipinski definition) is 4. The van der Waals surface area contributed by atoms with Gasteiger partial charge in [0.25, 0.3) is 0 Å². The van der Waals surface area contributed by atoms with E-state index in [0.29, 0.717) is 26.4 Å². The standard InChI is InChI=1S/C16H24N2O3.ClH/c1-3-20-6-7-21-12(2)16(19)18-9-13-4-5-14-10-17-11-15(14)8-13;/h4-5,8,12,17H,3,6-7,9-11H2,1-2H3,(H,18,19);1H. The number of carbonyl (C=O) groups excluding carboxylic acids is 1. The second kappa shape index (κ2) is 9.79. The lowest BCUT2D eigenvalue weighted by Crippen LogP contribution is -2.34. The molecule has 6 heteroatoms. The van der Waals surface area contributed by atoms with Crippen molar-refractivity contribution in [2.45, 2.75) is 39.6 Å². The number of nitrogens with one attached hydrogen (secondary N) is 2. The first-order valence-electron chi connectivity index (χ1n) is 7.49. The molecule has 1 aromatic carbocycles. The van der Waals surface area contributed by atoms with Crippen molar-refractivity contribution < 1.29 is 14.3 Å². The number of amides is 1. The molecule has 0 bridgehead atoms. The average molecular weight is 329 g/mol. The van der Waals surface area contributed by atoms with Crippen LogP contribution >= 0.6 is 12.4 Å². The molecule has 0 saturated carbocycles. The summed E-state index contributed by atoms with van der Waals surface area (Å²) in [6.45, 7) is 7.69. The van der Waals surface area contributed by atoms with Crippen molar-refractivity contribution in [3.8, 4) is 0 Å². The molecule has 1 unspecified atom stereocenters. The highest BCUT2D eigenvalue weighted by molar-refractivity contribution is 5.85. The van der Waals surface area contributed by atoms with E-state index in [0.717, 1.165) is 18.7 Å². The Bertz CT molecular complexity index is 482. The first kappa shape index (κ1) is 18.9. The van der Waals surface area contributed by atoms with E-state index in [1.165, 1.54) is 11.1 Å². The number of hydrogen-bond donors (Lipinski definition) is 2. The van der Waals surface area contributed by atoms with Gasteiger partial charge in [0.05, 0.1) is 13.2 Å². The highest BCUT2D eigenvalue weighted by Gasteiger charge is 2.14. The highest BCUT2D eigenvalue weighted by Crippen LogP contribution is 2.16. The smallest absolute Gasteiger partial charge is 0.249 e. The molecule has 1 aliphatic rings. The molecule has 0 radical (unpaired) electrons. The Morgan fingerprint density at radius 2 is 2.09 bits per heavy atom. The molecule has 0 fully saturated rings. The van der Waals surface area contributed by atoms with Crippen LogP contribution in [-0.4, -0.2) is 31.8 Å². The van der Waals surface area contributed by atoms with Crippen LogP contribution in [0.4, 0.5) is 0 Å². The van der Waals surface area contributed by atoms with Gasteiger partial charge in [0.1, 0.15) is 6.10 Å². The zero-order valence-corrected chi connectivity index (χ0v) is 14.0. The first-order chi connectivity index (χ1) is 10.2. The van der Waals surface area contributed by atoms with E-state index in [2.05, 4.69) is 28.8 Å². The number of carbonyl (C=O) groups is 1. The van der Waals surface area contributed by atoms with Gasteiger partial charge < -0.3 is 20.1 Å². The van der Waals surface area contributed by atoms with Gasteiger partial charge in [-0.15, -0.1) is 12.4 Å². The van der Waals surface area contributed by atoms with E-state index in [9.17, 15) is 4.79 Å². The maximum atomic E-state index is 11.9. The van der Waals surface area contributed by atoms with Crippen molar-refractivity contribution >= 4 is 18.3 Å². The van der Waals surface area contributed by atoms with Crippen molar-refractivity contribution in [1.29, 1.82) is 0 Å². The summed E-state index contributed by atoms with van der Waals surface area (Å²) in [7, 11) is 0. The molecular weight excluding hydrogens is 304 g/mol. The van der Waals surface area contributed by atoms with Crippen molar-refractivity contribution in [2.75, 3.05) is 19.8 Å². The van der Waals surface area contributed by atoms with Crippen LogP contribution in [0.3, 0.4) is 0 Å². The Morgan fingerprint density at radius 1 is 1.32 bits per heavy atom. The fraction of sp³-hybridized carbons (Fsp3) is 0.562. The van der Waals surface area contributed by atoms with Gasteiger partial charge in [-0.25, -0.2) is 0 Å². The maximum absolute atomic E-state index is 11.9. The Balaban J connectivity index is 0.00000242. The topological polar surface area (TPSA) is 59.6 Å². The summed E-state index contributed by atoms with van der Waals surface area (Å²) in [5, 5.41) is 6.22. The third kappa shape index (κ3) is 5.57. The maximum Gasteiger partial charge on any atom is 0.249 e. The molecule has 0 aliphatic carbocycles. The zero-order valence-electron chi connectivity index (χ0n) is 13.2. The lowest BCUT2D eigenvalue weighted by molar-refractivity contribution is -0.132. The van der Waals surface area contributed by atoms with E-state index in [1.807, 2.05) is 6.92 Å². The summed E-state index contributed by atoms with van der Waals surface area (Å²) in [4.78, 5) is 11.9. The lowest BCUT2D eigenvalue weighted by Gasteiger charge is -2.13. The number of halogens is 1. The summed E-state index contributed by atoms with van der Waals surface area (Å²) < 4.78 is 10.6. The lowest BCUT2D eigenvalue weighted by atomic mass is 10.1. The summed E-state index contributed by atoms with van der Waals surface area (Å²) >= 11 is 0. The van der Waals surface area contributed by atoms with Crippen LogP contribution < -0.4 is 10.6 Å². The summed E-state index contributed by atoms with van der Waals surface area (Å²) in [6.07, 6.45) is -0.457. The Morgan fingerprint density at radius 3 is 2.86 bits per heavy atom. The minimum absolute atomic E-state index is 0. The second-order valence-corrected chi connectivity index (χ2v) is 5.13. The van der Waals surface area contributed by atoms with Crippen LogP contribution in [0.25, 0.3) is 0 Å². The average Bonchev–Trinajstić information content (AvgIpc) is 2.96. The van der Waals surface area contributed by atoms with Crippen molar-refractivity contribution in [3.05, 3.63) is 34.9 Å². The summed E-state index contributed by atoms with van der Waals surface area (Å²) in [5.41, 5.74) is 3.78. The fourth-order valence-corrected chi connectivity index (χ4v) is 2.29. The minimum Gasteiger partial charge on any atom is -0.379 e. The molecule has 0 saturated heterocycles. The summed E-state index contributed by atoms with van der Waals surface area (Å²) in [6, 6.07) is 6.34. The van der Waals surface area contributed by atoms with Gasteiger partial charge in [-0.1, -0.05) is 18.2 Å². The predicted molar refractivity (Wildman–Crippen MR) is 88.0 cm³/mol. The van der Waals surface area contributed by atoms with Gasteiger partial charge in [-0.3, -0.25) is 4.79 Å². The third-order valence-electron chi connectivity index (χ3n) is 3.54. The number of rotatable bonds is 8. The van der Waals surface area contributed by atoms with Gasteiger partial charge in [-0.05, 0) is 30.5 Å². The zero-order chi connectivity index (χ0) is 15.1. The largest absolute Gasteiger partial charge is 0.379 e. The molecule has 1 heterocycles. The van der Waals surface area contributed by atoms with Crippen LogP contribution in [0, 0.1) is 0 Å². The van der Waals surface area contributed by atoms with Crippen LogP contribution in [-0.2, 0) is 33.9 Å². The first-order valence-corrected chi connectivity index (χ1v) is 7.49. The summed E-state index contributed by atoms with van der Waals surface area (Å²) in [5.74, 6) is -0.0925. The molecule has 1 amide bonds. The van der Waals surface area contributed by atoms with Crippen LogP contribution in [0.5, 0.6) is 0 Å². The van der Waals surface area contributed by atoms with Gasteiger partial charge in [-0.2, -0.15) is 0 Å². The molecule has 0 aromatic heterocycles. The predicted octanol–water partition coefficient (Wildman–Crippen LogP) is 1.77. The number of benzene rings is 1. The Labute approximate surface area is 138 Å². The van der Waals surface area contributed by atoms with E-state index in [-0.39, 0.29) is 18.3 Å². The van der Waals surface area contributed by atoms with E-state index in [4.69, 9.17) is 9.47 Å². The van der Waals surface area contributed by atoms with Gasteiger partial charge >= 0.3 is 0 Å². The fourth-order valence-electron chi connectivity index (χ4n) is 2.29. The van der Waals surface area contributed by atoms with Gasteiger partial charge in [0.15, 0.2) is 0 Å². The molecule has 1 atom stereocenters. The van der Waals surface area contributed by atoms with Crippen LogP contribution in [0.1, 0.15) is 30.5 Å². The molecule has 22 heavy (non-hydrogen) atoms. The molecule has 2 rings (SSSR count). The molecule has 0 spiro atoms. The highest BCUT2D eigenvalue weighted by atomic mass is 35.5. The second-order valence-electron chi connectivity index (χ2n) is 5.13. The van der Waals surface area contributed by atoms with E-state index >= 15 is 0 Å². The monoisotopic (exact) mass is 328 g/mol. The van der Waals surface area contributed by atoms with Gasteiger partial charge in [0.2, 0.25) is 5.91 Å². The molecule has 124 valence electrons. The number of fused-ring (bicyclic) bond motifs is 1. The van der Waals surface area contributed by atoms with E-state index < -0.39 is 6.10 Å². The SMILES string of the molecule is CCOCCOC(C)C(=O)NCc1ccc2c(c1)CNC2.Cl. The molecule has 2 N–H and O–H groups in total. The third-order valence-corrected chi connectivity index (χ3v) is 3.54. The van der Waals surface area contributed by atoms with Crippen molar-refractivity contribution in [2.24, 2.45) is 0 Å². The number of ether oxygens (including phenoxy) is 2. The Hall–Kier alpha value is -1.14. The minimum atomic E-state index is -0.457. The van der Waals surface area contributed by atoms with Crippen molar-refractivity contribution in [3.63, 3.8) is 0 Å². The van der Waals surface area contributed by atoms with Crippen LogP contribution in [0.15, 0.2) is 18.2 Å².